The summed E-state index contributed by atoms with van der Waals surface area (Å²) in [6.45, 7) is 3.55. The van der Waals surface area contributed by atoms with E-state index >= 15 is 0 Å². The summed E-state index contributed by atoms with van der Waals surface area (Å²) in [5, 5.41) is 2.70. The average molecular weight is 235 g/mol. The number of rotatable bonds is 4. The van der Waals surface area contributed by atoms with Crippen LogP contribution in [-0.2, 0) is 4.79 Å². The Morgan fingerprint density at radius 1 is 1.41 bits per heavy atom. The second-order valence-corrected chi connectivity index (χ2v) is 4.12. The van der Waals surface area contributed by atoms with E-state index in [1.807, 2.05) is 6.92 Å². The first-order chi connectivity index (χ1) is 7.90. The molecule has 5 N–H and O–H groups in total. The molecule has 0 aliphatic heterocycles. The smallest absolute Gasteiger partial charge is 0.251 e. The Morgan fingerprint density at radius 3 is 2.65 bits per heavy atom. The summed E-state index contributed by atoms with van der Waals surface area (Å²) in [5.74, 6) is -0.689. The number of aryl methyl sites for hydroxylation is 1. The van der Waals surface area contributed by atoms with E-state index in [1.54, 1.807) is 25.1 Å². The lowest BCUT2D eigenvalue weighted by atomic mass is 10.1. The van der Waals surface area contributed by atoms with E-state index < -0.39 is 5.91 Å². The summed E-state index contributed by atoms with van der Waals surface area (Å²) >= 11 is 0. The Labute approximate surface area is 100 Å². The van der Waals surface area contributed by atoms with Gasteiger partial charge in [-0.05, 0) is 31.5 Å². The monoisotopic (exact) mass is 235 g/mol. The van der Waals surface area contributed by atoms with Crippen molar-refractivity contribution in [2.24, 2.45) is 5.73 Å². The Hall–Kier alpha value is -2.04. The summed E-state index contributed by atoms with van der Waals surface area (Å²) in [6, 6.07) is 4.84. The molecule has 1 aromatic carbocycles. The normalized spacial score (nSPS) is 11.9. The Bertz CT molecular complexity index is 443. The molecule has 1 rings (SSSR count). The van der Waals surface area contributed by atoms with Crippen LogP contribution in [0.4, 0.5) is 5.69 Å². The number of nitrogens with two attached hydrogens (primary N) is 2. The molecule has 0 aromatic heterocycles. The maximum absolute atomic E-state index is 11.9. The number of hydrogen-bond donors (Lipinski definition) is 3. The predicted octanol–water partition coefficient (Wildman–Crippen LogP) is 0.571. The molecule has 1 aromatic rings. The summed E-state index contributed by atoms with van der Waals surface area (Å²) < 4.78 is 0. The number of anilines is 1. The van der Waals surface area contributed by atoms with Crippen LogP contribution < -0.4 is 16.8 Å². The van der Waals surface area contributed by atoms with Gasteiger partial charge >= 0.3 is 0 Å². The molecule has 5 heteroatoms. The Balaban J connectivity index is 2.76. The van der Waals surface area contributed by atoms with Gasteiger partial charge in [0.1, 0.15) is 0 Å². The van der Waals surface area contributed by atoms with Crippen molar-refractivity contribution in [2.75, 3.05) is 5.73 Å². The van der Waals surface area contributed by atoms with Gasteiger partial charge in [0.05, 0.1) is 0 Å². The molecule has 0 fully saturated rings. The Morgan fingerprint density at radius 2 is 2.06 bits per heavy atom. The zero-order chi connectivity index (χ0) is 13.0. The molecular weight excluding hydrogens is 218 g/mol. The van der Waals surface area contributed by atoms with Crippen molar-refractivity contribution in [1.29, 1.82) is 0 Å². The van der Waals surface area contributed by atoms with Gasteiger partial charge < -0.3 is 16.8 Å². The highest BCUT2D eigenvalue weighted by atomic mass is 16.2. The van der Waals surface area contributed by atoms with Gasteiger partial charge in [-0.2, -0.15) is 0 Å². The number of amides is 2. The van der Waals surface area contributed by atoms with Crippen molar-refractivity contribution in [1.82, 2.24) is 5.32 Å². The topological polar surface area (TPSA) is 98.2 Å². The third-order valence-corrected chi connectivity index (χ3v) is 2.39. The maximum atomic E-state index is 11.9. The fraction of sp³-hybridized carbons (Fsp3) is 0.333. The molecule has 0 radical (unpaired) electrons. The lowest BCUT2D eigenvalue weighted by Gasteiger charge is -2.13. The fourth-order valence-electron chi connectivity index (χ4n) is 1.54. The minimum Gasteiger partial charge on any atom is -0.399 e. The first-order valence-corrected chi connectivity index (χ1v) is 5.35. The highest BCUT2D eigenvalue weighted by Gasteiger charge is 2.13. The van der Waals surface area contributed by atoms with Gasteiger partial charge in [0.2, 0.25) is 5.91 Å². The van der Waals surface area contributed by atoms with Crippen molar-refractivity contribution in [3.8, 4) is 0 Å². The van der Waals surface area contributed by atoms with Crippen LogP contribution in [0.15, 0.2) is 18.2 Å². The lowest BCUT2D eigenvalue weighted by molar-refractivity contribution is -0.118. The summed E-state index contributed by atoms with van der Waals surface area (Å²) in [7, 11) is 0. The number of carbonyl (C=O) groups is 2. The zero-order valence-electron chi connectivity index (χ0n) is 9.99. The fourth-order valence-corrected chi connectivity index (χ4v) is 1.54. The van der Waals surface area contributed by atoms with Crippen molar-refractivity contribution in [3.63, 3.8) is 0 Å². The average Bonchev–Trinajstić information content (AvgIpc) is 2.20. The van der Waals surface area contributed by atoms with Gasteiger partial charge in [0.15, 0.2) is 0 Å². The predicted molar refractivity (Wildman–Crippen MR) is 66.3 cm³/mol. The molecule has 1 atom stereocenters. The molecular formula is C12H17N3O2. The molecule has 0 saturated carbocycles. The number of benzene rings is 1. The van der Waals surface area contributed by atoms with E-state index in [9.17, 15) is 9.59 Å². The summed E-state index contributed by atoms with van der Waals surface area (Å²) in [6.07, 6.45) is 0.118. The maximum Gasteiger partial charge on any atom is 0.251 e. The molecule has 0 spiro atoms. The van der Waals surface area contributed by atoms with Crippen LogP contribution in [0.5, 0.6) is 0 Å². The SMILES string of the molecule is Cc1ccc(N)cc1C(=O)NC(C)CC(N)=O. The van der Waals surface area contributed by atoms with E-state index in [0.717, 1.165) is 5.56 Å². The van der Waals surface area contributed by atoms with Crippen LogP contribution in [0.25, 0.3) is 0 Å². The van der Waals surface area contributed by atoms with Crippen molar-refractivity contribution in [2.45, 2.75) is 26.3 Å². The molecule has 2 amide bonds. The van der Waals surface area contributed by atoms with Crippen LogP contribution in [0.1, 0.15) is 29.3 Å². The highest BCUT2D eigenvalue weighted by molar-refractivity contribution is 5.96. The Kier molecular flexibility index (Phi) is 4.09. The van der Waals surface area contributed by atoms with Crippen LogP contribution in [0.3, 0.4) is 0 Å². The summed E-state index contributed by atoms with van der Waals surface area (Å²) in [5.41, 5.74) is 12.6. The highest BCUT2D eigenvalue weighted by Crippen LogP contribution is 2.12. The van der Waals surface area contributed by atoms with E-state index in [0.29, 0.717) is 11.3 Å². The van der Waals surface area contributed by atoms with E-state index in [1.165, 1.54) is 0 Å². The largest absolute Gasteiger partial charge is 0.399 e. The molecule has 1 unspecified atom stereocenters. The summed E-state index contributed by atoms with van der Waals surface area (Å²) in [4.78, 5) is 22.6. The van der Waals surface area contributed by atoms with E-state index in [4.69, 9.17) is 11.5 Å². The molecule has 5 nitrogen and oxygen atoms in total. The number of nitrogen functional groups attached to an aromatic ring is 1. The second kappa shape index (κ2) is 5.34. The van der Waals surface area contributed by atoms with Gasteiger partial charge in [0.25, 0.3) is 5.91 Å². The number of hydrogen-bond acceptors (Lipinski definition) is 3. The first kappa shape index (κ1) is 13.0. The second-order valence-electron chi connectivity index (χ2n) is 4.12. The van der Waals surface area contributed by atoms with Crippen LogP contribution in [0.2, 0.25) is 0 Å². The lowest BCUT2D eigenvalue weighted by Crippen LogP contribution is -2.36. The van der Waals surface area contributed by atoms with Gasteiger partial charge in [-0.25, -0.2) is 0 Å². The molecule has 17 heavy (non-hydrogen) atoms. The van der Waals surface area contributed by atoms with Crippen molar-refractivity contribution < 1.29 is 9.59 Å². The van der Waals surface area contributed by atoms with Crippen LogP contribution in [0, 0.1) is 6.92 Å². The minimum atomic E-state index is -0.443. The number of nitrogens with one attached hydrogen (secondary N) is 1. The van der Waals surface area contributed by atoms with Crippen molar-refractivity contribution >= 4 is 17.5 Å². The third kappa shape index (κ3) is 3.79. The molecule has 0 aliphatic rings. The third-order valence-electron chi connectivity index (χ3n) is 2.39. The first-order valence-electron chi connectivity index (χ1n) is 5.35. The van der Waals surface area contributed by atoms with Gasteiger partial charge in [0, 0.05) is 23.7 Å². The standard InChI is InChI=1S/C12H17N3O2/c1-7-3-4-9(13)6-10(7)12(17)15-8(2)5-11(14)16/h3-4,6,8H,5,13H2,1-2H3,(H2,14,16)(H,15,17). The molecule has 0 aliphatic carbocycles. The van der Waals surface area contributed by atoms with E-state index in [2.05, 4.69) is 5.32 Å². The molecule has 0 heterocycles. The molecule has 92 valence electrons. The number of primary amides is 1. The number of carbonyl (C=O) groups excluding carboxylic acids is 2. The van der Waals surface area contributed by atoms with Gasteiger partial charge in [-0.3, -0.25) is 9.59 Å². The van der Waals surface area contributed by atoms with Crippen LogP contribution in [-0.4, -0.2) is 17.9 Å². The zero-order valence-corrected chi connectivity index (χ0v) is 9.99. The van der Waals surface area contributed by atoms with Gasteiger partial charge in [-0.1, -0.05) is 6.07 Å². The van der Waals surface area contributed by atoms with Gasteiger partial charge in [-0.15, -0.1) is 0 Å². The quantitative estimate of drug-likeness (QED) is 0.665. The van der Waals surface area contributed by atoms with Crippen molar-refractivity contribution in [3.05, 3.63) is 29.3 Å². The van der Waals surface area contributed by atoms with E-state index in [-0.39, 0.29) is 18.4 Å². The molecule has 0 saturated heterocycles. The van der Waals surface area contributed by atoms with Crippen LogP contribution >= 0.6 is 0 Å². The minimum absolute atomic E-state index is 0.118. The molecule has 0 bridgehead atoms.